The third-order valence-corrected chi connectivity index (χ3v) is 52.6. The van der Waals surface area contributed by atoms with Crippen LogP contribution in [0.4, 0.5) is 0 Å². The van der Waals surface area contributed by atoms with Gasteiger partial charge in [-0.05, 0) is 221 Å². The standard InChI is InChI=1S/C18H19P.C18H17P.C14H27P.C14H23P.C14H21P.C10H13P.C8H15P/c2*1-3-7-15(8-4-1)17-11-13-18(19-17,14-12-17)16-9-5-2-6-10-16;3*1-12(2,3)15-13(4)8-6-7-9-14(15,5)11-10-13;1-9-5-3-4-7(5)10(2,11-9)8(4)6(3)9;1-7-3-5-8(2,9-7)6-4-7/h1-10,19H,11-14H2;1-11,13,19H,12,14H2;6-11H2,1-5H3;6-9H,10-11H2,1-5H3;6-11H,1-5H3;3-8,11H,1-2H3;9H,3-6H2,1-2H3. The maximum Gasteiger partial charge on any atom is 0.0316 e. The molecule has 0 N–H and O–H groups in total. The van der Waals surface area contributed by atoms with Crippen LogP contribution in [0.1, 0.15) is 269 Å². The molecule has 10 saturated heterocycles. The molecular formula is C96H135P7. The van der Waals surface area contributed by atoms with Crippen molar-refractivity contribution in [3.8, 4) is 0 Å². The van der Waals surface area contributed by atoms with Gasteiger partial charge in [0.2, 0.25) is 0 Å². The summed E-state index contributed by atoms with van der Waals surface area (Å²) in [5.41, 5.74) is 6.17. The second-order valence-electron chi connectivity index (χ2n) is 41.5. The van der Waals surface area contributed by atoms with Gasteiger partial charge >= 0.3 is 0 Å². The summed E-state index contributed by atoms with van der Waals surface area (Å²) in [5, 5.41) is 9.35. The summed E-state index contributed by atoms with van der Waals surface area (Å²) in [5.74, 6) is 7.52. The topological polar surface area (TPSA) is 0 Å². The Bertz CT molecular complexity index is 3670. The molecule has 0 amide bonds. The van der Waals surface area contributed by atoms with Gasteiger partial charge in [-0.15, -0.1) is 17.2 Å². The van der Waals surface area contributed by atoms with Crippen LogP contribution in [0.3, 0.4) is 0 Å². The molecule has 14 heterocycles. The minimum atomic E-state index is -0.0995. The Morgan fingerprint density at radius 2 is 0.621 bits per heavy atom. The number of fused-ring (bicyclic) bond motifs is 12. The molecule has 554 valence electrons. The van der Waals surface area contributed by atoms with Gasteiger partial charge in [-0.3, -0.25) is 0 Å². The smallest absolute Gasteiger partial charge is 0.0316 e. The summed E-state index contributed by atoms with van der Waals surface area (Å²) >= 11 is 0. The number of allylic oxidation sites excluding steroid dienone is 12. The molecular weight excluding hydrogens is 1370 g/mol. The molecule has 103 heavy (non-hydrogen) atoms. The quantitative estimate of drug-likeness (QED) is 0.141. The lowest BCUT2D eigenvalue weighted by Gasteiger charge is -2.89. The minimum absolute atomic E-state index is 0.0116. The van der Waals surface area contributed by atoms with Crippen molar-refractivity contribution in [3.05, 3.63) is 216 Å². The lowest BCUT2D eigenvalue weighted by molar-refractivity contribution is -0.385. The second kappa shape index (κ2) is 26.5. The minimum Gasteiger partial charge on any atom is -0.110 e. The molecule has 18 aliphatic rings. The van der Waals surface area contributed by atoms with Crippen molar-refractivity contribution in [2.75, 3.05) is 0 Å². The summed E-state index contributed by atoms with van der Waals surface area (Å²) in [6, 6.07) is 44.6. The van der Waals surface area contributed by atoms with Crippen molar-refractivity contribution in [2.45, 2.75) is 335 Å². The SMILES string of the molecule is C1=CC2(c3ccccc3)CCC1(c1ccccc1)P2.CC(C)(C)P1C2(C)C=CC=CC1(C)C=C2.CC(C)(C)P1C2(C)C=CC=CC1(C)CC2.CC(C)(C)P1C2(C)CCCCC1(C)CC2.CC12CCC(C)(CC1)P2.CC12PC3(C)C4C5C(C41)C2C53.c1ccc(C23CCC(c4ccccc4)(CC2)P3)cc1. The number of hydrogen-bond donors (Lipinski definition) is 0. The average Bonchev–Trinajstić information content (AvgIpc) is 1.41. The number of benzene rings is 4. The molecule has 7 heteroatoms. The average molecular weight is 1510 g/mol. The van der Waals surface area contributed by atoms with Crippen LogP contribution in [0, 0.1) is 35.5 Å². The highest BCUT2D eigenvalue weighted by Crippen LogP contribution is 3.03. The Hall–Kier alpha value is -1.67. The van der Waals surface area contributed by atoms with Crippen molar-refractivity contribution in [1.82, 2.24) is 0 Å². The first-order valence-electron chi connectivity index (χ1n) is 41.3. The Labute approximate surface area is 640 Å². The molecule has 0 radical (unpaired) electrons. The van der Waals surface area contributed by atoms with Gasteiger partial charge in [0.15, 0.2) is 0 Å². The van der Waals surface area contributed by atoms with Gasteiger partial charge in [0.1, 0.15) is 0 Å². The van der Waals surface area contributed by atoms with Crippen LogP contribution in [-0.2, 0) is 20.6 Å². The molecule has 4 aliphatic carbocycles. The lowest BCUT2D eigenvalue weighted by atomic mass is 9.15. The third kappa shape index (κ3) is 12.9. The predicted octanol–water partition coefficient (Wildman–Crippen LogP) is 28.9. The molecule has 0 aromatic heterocycles. The van der Waals surface area contributed by atoms with Crippen LogP contribution in [0.5, 0.6) is 0 Å². The first-order valence-corrected chi connectivity index (χ1v) is 49.3. The van der Waals surface area contributed by atoms with Crippen molar-refractivity contribution >= 4 is 58.1 Å². The van der Waals surface area contributed by atoms with Crippen LogP contribution in [-0.4, -0.2) is 67.0 Å². The van der Waals surface area contributed by atoms with E-state index in [1.807, 2.05) is 0 Å². The van der Waals surface area contributed by atoms with Crippen molar-refractivity contribution in [3.63, 3.8) is 0 Å². The maximum atomic E-state index is 2.60. The molecule has 12 atom stereocenters. The largest absolute Gasteiger partial charge is 0.110 e. The first kappa shape index (κ1) is 76.7. The van der Waals surface area contributed by atoms with Crippen LogP contribution in [0.15, 0.2) is 194 Å². The third-order valence-electron chi connectivity index (χ3n) is 30.8. The van der Waals surface area contributed by atoms with Crippen LogP contribution >= 0.6 is 58.1 Å². The van der Waals surface area contributed by atoms with E-state index in [0.717, 1.165) is 37.8 Å². The predicted molar refractivity (Wildman–Crippen MR) is 469 cm³/mol. The monoisotopic (exact) mass is 1500 g/mol. The van der Waals surface area contributed by atoms with Crippen molar-refractivity contribution in [2.24, 2.45) is 35.5 Å². The van der Waals surface area contributed by atoms with Gasteiger partial charge in [0, 0.05) is 41.2 Å². The maximum absolute atomic E-state index is 2.60. The van der Waals surface area contributed by atoms with Gasteiger partial charge in [-0.25, -0.2) is 0 Å². The molecule has 4 aromatic rings. The molecule has 14 fully saturated rings. The fraction of sp³-hybridized carbons (Fsp3) is 0.625. The lowest BCUT2D eigenvalue weighted by Crippen LogP contribution is -2.90. The summed E-state index contributed by atoms with van der Waals surface area (Å²) in [6.45, 7) is 47.0. The zero-order chi connectivity index (χ0) is 73.2. The van der Waals surface area contributed by atoms with E-state index in [1.54, 1.807) is 11.1 Å². The Morgan fingerprint density at radius 1 is 0.291 bits per heavy atom. The van der Waals surface area contributed by atoms with Gasteiger partial charge in [0.05, 0.1) is 0 Å². The van der Waals surface area contributed by atoms with Crippen LogP contribution in [0.25, 0.3) is 0 Å². The van der Waals surface area contributed by atoms with E-state index in [4.69, 9.17) is 0 Å². The first-order chi connectivity index (χ1) is 48.3. The Balaban J connectivity index is 0.0000000979. The number of hydrogen-bond acceptors (Lipinski definition) is 0. The summed E-state index contributed by atoms with van der Waals surface area (Å²) < 4.78 is 0. The van der Waals surface area contributed by atoms with Gasteiger partial charge < -0.3 is 0 Å². The van der Waals surface area contributed by atoms with Gasteiger partial charge in [0.25, 0.3) is 0 Å². The van der Waals surface area contributed by atoms with Crippen LogP contribution < -0.4 is 0 Å². The molecule has 0 nitrogen and oxygen atoms in total. The van der Waals surface area contributed by atoms with E-state index < -0.39 is 0 Å². The van der Waals surface area contributed by atoms with E-state index >= 15 is 0 Å². The van der Waals surface area contributed by atoms with Crippen molar-refractivity contribution < 1.29 is 0 Å². The molecule has 12 unspecified atom stereocenters. The van der Waals surface area contributed by atoms with E-state index in [0.29, 0.717) is 56.7 Å². The van der Waals surface area contributed by atoms with Gasteiger partial charge in [-0.2, -0.15) is 0 Å². The fourth-order valence-electron chi connectivity index (χ4n) is 27.6. The normalized spacial score (nSPS) is 47.7. The summed E-state index contributed by atoms with van der Waals surface area (Å²) in [6.07, 6.45) is 54.4. The summed E-state index contributed by atoms with van der Waals surface area (Å²) in [4.78, 5) is 0. The zero-order valence-corrected chi connectivity index (χ0v) is 74.2. The van der Waals surface area contributed by atoms with E-state index in [-0.39, 0.29) is 34.1 Å². The molecule has 14 bridgehead atoms. The molecule has 14 aliphatic heterocycles. The zero-order valence-electron chi connectivity index (χ0n) is 67.5. The Morgan fingerprint density at radius 3 is 0.922 bits per heavy atom. The Kier molecular flexibility index (Phi) is 19.7. The second-order valence-corrected chi connectivity index (χ2v) is 62.9. The van der Waals surface area contributed by atoms with E-state index in [9.17, 15) is 0 Å². The highest BCUT2D eigenvalue weighted by molar-refractivity contribution is 7.64. The van der Waals surface area contributed by atoms with Crippen LogP contribution in [0.2, 0.25) is 0 Å². The molecule has 22 rings (SSSR count). The number of rotatable bonds is 4. The highest BCUT2D eigenvalue weighted by Gasteiger charge is 2.98. The molecule has 4 aromatic carbocycles. The highest BCUT2D eigenvalue weighted by atomic mass is 31.1. The van der Waals surface area contributed by atoms with Crippen molar-refractivity contribution in [1.29, 1.82) is 0 Å². The van der Waals surface area contributed by atoms with E-state index in [1.165, 1.54) is 179 Å². The summed E-state index contributed by atoms with van der Waals surface area (Å²) in [7, 11) is 4.74. The van der Waals surface area contributed by atoms with E-state index in [2.05, 4.69) is 326 Å². The molecule has 4 saturated carbocycles. The molecule has 0 spiro atoms. The fourth-order valence-corrected chi connectivity index (χ4v) is 54.4. The van der Waals surface area contributed by atoms with Gasteiger partial charge in [-0.1, -0.05) is 366 Å².